The number of fused-ring (bicyclic) bond motifs is 4. The Morgan fingerprint density at radius 1 is 1.17 bits per heavy atom. The number of ether oxygens (including phenoxy) is 1. The van der Waals surface area contributed by atoms with Crippen molar-refractivity contribution in [3.8, 4) is 0 Å². The van der Waals surface area contributed by atoms with Gasteiger partial charge in [0, 0.05) is 24.7 Å². The number of amides is 4. The lowest BCUT2D eigenvalue weighted by molar-refractivity contribution is -0.153. The third-order valence-corrected chi connectivity index (χ3v) is 6.86. The van der Waals surface area contributed by atoms with Gasteiger partial charge in [0.05, 0.1) is 29.6 Å². The van der Waals surface area contributed by atoms with E-state index in [9.17, 15) is 19.3 Å². The van der Waals surface area contributed by atoms with E-state index in [0.29, 0.717) is 0 Å². The second-order valence-corrected chi connectivity index (χ2v) is 9.00. The average Bonchev–Trinajstić information content (AvgIpc) is 2.81. The fraction of sp³-hybridized carbons (Fsp3) is 0.391. The highest BCUT2D eigenvalue weighted by molar-refractivity contribution is 6.20. The SMILES string of the molecule is C[C@@H]1CN2c3c(cc(C(N=O)c4ccccn4)c(F)c3F)CC3(C(=O)NC(=O)NC3=O)[C@H]2[C@H](C)O1. The molecule has 1 unspecified atom stereocenters. The number of rotatable bonds is 3. The molecule has 4 amide bonds. The van der Waals surface area contributed by atoms with Crippen molar-refractivity contribution in [2.24, 2.45) is 10.6 Å². The third kappa shape index (κ3) is 3.31. The number of hydrogen-bond acceptors (Lipinski definition) is 8. The van der Waals surface area contributed by atoms with Gasteiger partial charge in [-0.05, 0) is 37.6 Å². The van der Waals surface area contributed by atoms with Crippen LogP contribution in [0.3, 0.4) is 0 Å². The first-order chi connectivity index (χ1) is 16.7. The molecule has 35 heavy (non-hydrogen) atoms. The highest BCUT2D eigenvalue weighted by Crippen LogP contribution is 2.49. The maximum absolute atomic E-state index is 15.7. The molecule has 1 aromatic heterocycles. The molecule has 4 heterocycles. The molecular formula is C23H21F2N5O5. The van der Waals surface area contributed by atoms with Crippen LogP contribution < -0.4 is 15.5 Å². The van der Waals surface area contributed by atoms with Gasteiger partial charge in [0.1, 0.15) is 0 Å². The number of nitrogens with zero attached hydrogens (tertiary/aromatic N) is 3. The maximum atomic E-state index is 15.7. The summed E-state index contributed by atoms with van der Waals surface area (Å²) in [6.07, 6.45) is -0.129. The zero-order valence-corrected chi connectivity index (χ0v) is 18.7. The number of benzene rings is 1. The predicted molar refractivity (Wildman–Crippen MR) is 117 cm³/mol. The summed E-state index contributed by atoms with van der Waals surface area (Å²) in [5.41, 5.74) is -2.12. The number of anilines is 1. The van der Waals surface area contributed by atoms with Crippen LogP contribution in [0.15, 0.2) is 35.6 Å². The number of aromatic nitrogens is 1. The smallest absolute Gasteiger partial charge is 0.328 e. The van der Waals surface area contributed by atoms with Crippen LogP contribution in [0.25, 0.3) is 0 Å². The molecule has 4 atom stereocenters. The highest BCUT2D eigenvalue weighted by Gasteiger charge is 2.63. The highest BCUT2D eigenvalue weighted by atomic mass is 19.2. The van der Waals surface area contributed by atoms with E-state index in [1.165, 1.54) is 23.2 Å². The van der Waals surface area contributed by atoms with Crippen molar-refractivity contribution in [2.45, 2.75) is 44.6 Å². The molecular weight excluding hydrogens is 464 g/mol. The van der Waals surface area contributed by atoms with E-state index in [0.717, 1.165) is 0 Å². The quantitative estimate of drug-likeness (QED) is 0.503. The zero-order chi connectivity index (χ0) is 25.1. The predicted octanol–water partition coefficient (Wildman–Crippen LogP) is 2.11. The Bertz CT molecular complexity index is 1240. The first-order valence-corrected chi connectivity index (χ1v) is 11.0. The molecule has 182 valence electrons. The van der Waals surface area contributed by atoms with Gasteiger partial charge < -0.3 is 9.64 Å². The number of urea groups is 1. The molecule has 3 aliphatic rings. The Kier molecular flexibility index (Phi) is 5.35. The van der Waals surface area contributed by atoms with Gasteiger partial charge in [0.15, 0.2) is 23.1 Å². The van der Waals surface area contributed by atoms with E-state index in [1.807, 2.05) is 0 Å². The van der Waals surface area contributed by atoms with Crippen LogP contribution in [0.1, 0.15) is 36.7 Å². The van der Waals surface area contributed by atoms with Gasteiger partial charge in [-0.15, -0.1) is 4.91 Å². The van der Waals surface area contributed by atoms with E-state index < -0.39 is 59.2 Å². The van der Waals surface area contributed by atoms with Gasteiger partial charge in [0.2, 0.25) is 11.8 Å². The number of carbonyl (C=O) groups excluding carboxylic acids is 3. The maximum Gasteiger partial charge on any atom is 0.328 e. The molecule has 0 aliphatic carbocycles. The molecule has 5 rings (SSSR count). The fourth-order valence-corrected chi connectivity index (χ4v) is 5.57. The van der Waals surface area contributed by atoms with Crippen LogP contribution in [0.2, 0.25) is 0 Å². The standard InChI is InChI=1S/C23H21F2N5O5/c1-10-9-30-18-12(7-13(15(24)16(18)25)17(29-34)14-5-3-4-6-26-14)8-23(19(30)11(2)35-10)20(31)27-22(33)28-21(23)32/h3-7,10-11,17,19H,8-9H2,1-2H3,(H2,27,28,31,32,33)/t10-,11+,17?,19-/m1/s1. The number of carbonyl (C=O) groups is 3. The monoisotopic (exact) mass is 485 g/mol. The summed E-state index contributed by atoms with van der Waals surface area (Å²) >= 11 is 0. The zero-order valence-electron chi connectivity index (χ0n) is 18.7. The van der Waals surface area contributed by atoms with Crippen LogP contribution in [0.5, 0.6) is 0 Å². The van der Waals surface area contributed by atoms with Crippen LogP contribution in [-0.2, 0) is 20.7 Å². The molecule has 0 radical (unpaired) electrons. The number of hydrogen-bond donors (Lipinski definition) is 2. The number of imide groups is 2. The van der Waals surface area contributed by atoms with Crippen molar-refractivity contribution in [1.82, 2.24) is 15.6 Å². The molecule has 2 aromatic rings. The average molecular weight is 485 g/mol. The molecule has 12 heteroatoms. The second-order valence-electron chi connectivity index (χ2n) is 9.00. The van der Waals surface area contributed by atoms with Crippen molar-refractivity contribution in [3.63, 3.8) is 0 Å². The molecule has 0 saturated carbocycles. The van der Waals surface area contributed by atoms with E-state index in [4.69, 9.17) is 4.74 Å². The Morgan fingerprint density at radius 3 is 2.51 bits per heavy atom. The van der Waals surface area contributed by atoms with Gasteiger partial charge in [-0.2, -0.15) is 0 Å². The minimum atomic E-state index is -1.86. The van der Waals surface area contributed by atoms with Crippen LogP contribution in [0.4, 0.5) is 19.3 Å². The van der Waals surface area contributed by atoms with Crippen molar-refractivity contribution in [3.05, 3.63) is 63.8 Å². The van der Waals surface area contributed by atoms with Crippen LogP contribution in [0, 0.1) is 22.0 Å². The summed E-state index contributed by atoms with van der Waals surface area (Å²) in [5.74, 6) is -4.22. The van der Waals surface area contributed by atoms with Gasteiger partial charge in [-0.25, -0.2) is 13.6 Å². The summed E-state index contributed by atoms with van der Waals surface area (Å²) in [4.78, 5) is 55.4. The summed E-state index contributed by atoms with van der Waals surface area (Å²) in [7, 11) is 0. The number of nitroso groups, excluding NO2 is 1. The molecule has 0 bridgehead atoms. The van der Waals surface area contributed by atoms with E-state index in [2.05, 4.69) is 20.8 Å². The van der Waals surface area contributed by atoms with Gasteiger partial charge in [-0.3, -0.25) is 25.2 Å². The van der Waals surface area contributed by atoms with Crippen molar-refractivity contribution in [1.29, 1.82) is 0 Å². The molecule has 2 fully saturated rings. The second kappa shape index (κ2) is 8.15. The minimum Gasteiger partial charge on any atom is -0.372 e. The first kappa shape index (κ1) is 23.0. The Labute approximate surface area is 198 Å². The van der Waals surface area contributed by atoms with E-state index >= 15 is 8.78 Å². The lowest BCUT2D eigenvalue weighted by Gasteiger charge is -2.55. The first-order valence-electron chi connectivity index (χ1n) is 11.0. The molecule has 10 nitrogen and oxygen atoms in total. The van der Waals surface area contributed by atoms with Crippen LogP contribution in [-0.4, -0.2) is 47.6 Å². The van der Waals surface area contributed by atoms with E-state index in [1.54, 1.807) is 26.0 Å². The van der Waals surface area contributed by atoms with Crippen molar-refractivity contribution < 1.29 is 27.9 Å². The normalized spacial score (nSPS) is 25.9. The van der Waals surface area contributed by atoms with Gasteiger partial charge >= 0.3 is 6.03 Å². The number of nitrogens with one attached hydrogen (secondary N) is 2. The molecule has 1 spiro atoms. The number of pyridine rings is 1. The largest absolute Gasteiger partial charge is 0.372 e. The minimum absolute atomic E-state index is 0.0591. The number of halogens is 2. The molecule has 1 aromatic carbocycles. The van der Waals surface area contributed by atoms with Crippen LogP contribution >= 0.6 is 0 Å². The van der Waals surface area contributed by atoms with E-state index in [-0.39, 0.29) is 35.5 Å². The topological polar surface area (TPSA) is 130 Å². The summed E-state index contributed by atoms with van der Waals surface area (Å²) in [6, 6.07) is 2.44. The molecule has 3 aliphatic heterocycles. The lowest BCUT2D eigenvalue weighted by Crippen LogP contribution is -2.75. The molecule has 2 N–H and O–H groups in total. The summed E-state index contributed by atoms with van der Waals surface area (Å²) < 4.78 is 37.0. The Hall–Kier alpha value is -3.80. The number of morpholine rings is 1. The molecule has 2 saturated heterocycles. The van der Waals surface area contributed by atoms with Gasteiger partial charge in [-0.1, -0.05) is 11.2 Å². The third-order valence-electron chi connectivity index (χ3n) is 6.86. The lowest BCUT2D eigenvalue weighted by atomic mass is 9.66. The summed E-state index contributed by atoms with van der Waals surface area (Å²) in [5, 5.41) is 7.23. The van der Waals surface area contributed by atoms with Gasteiger partial charge in [0.25, 0.3) is 0 Å². The number of barbiturate groups is 1. The Balaban J connectivity index is 1.73. The fourth-order valence-electron chi connectivity index (χ4n) is 5.57. The summed E-state index contributed by atoms with van der Waals surface area (Å²) in [6.45, 7) is 3.42. The van der Waals surface area contributed by atoms with Crippen molar-refractivity contribution in [2.75, 3.05) is 11.4 Å². The van der Waals surface area contributed by atoms with Crippen molar-refractivity contribution >= 4 is 23.5 Å². The Morgan fingerprint density at radius 2 is 1.89 bits per heavy atom.